The third-order valence-electron chi connectivity index (χ3n) is 3.34. The van der Waals surface area contributed by atoms with E-state index in [-0.39, 0.29) is 11.6 Å². The minimum absolute atomic E-state index is 0.0613. The second kappa shape index (κ2) is 6.74. The third-order valence-corrected chi connectivity index (χ3v) is 3.34. The third kappa shape index (κ3) is 3.14. The number of nitrogens with zero attached hydrogens (tertiary/aromatic N) is 3. The molecule has 0 radical (unpaired) electrons. The van der Waals surface area contributed by atoms with Gasteiger partial charge in [0.1, 0.15) is 5.69 Å². The first kappa shape index (κ1) is 15.4. The molecule has 120 valence electrons. The highest BCUT2D eigenvalue weighted by Crippen LogP contribution is 2.30. The summed E-state index contributed by atoms with van der Waals surface area (Å²) in [4.78, 5) is 15.1. The quantitative estimate of drug-likeness (QED) is 0.420. The molecule has 0 saturated carbocycles. The van der Waals surface area contributed by atoms with Gasteiger partial charge in [0.05, 0.1) is 4.92 Å². The molecule has 3 aromatic rings. The van der Waals surface area contributed by atoms with Crippen molar-refractivity contribution in [2.45, 2.75) is 0 Å². The van der Waals surface area contributed by atoms with Crippen molar-refractivity contribution in [3.8, 4) is 22.8 Å². The van der Waals surface area contributed by atoms with Gasteiger partial charge < -0.3 is 9.84 Å². The van der Waals surface area contributed by atoms with E-state index in [9.17, 15) is 10.1 Å². The lowest BCUT2D eigenvalue weighted by Gasteiger charge is -2.05. The van der Waals surface area contributed by atoms with E-state index in [1.54, 1.807) is 18.2 Å². The van der Waals surface area contributed by atoms with Crippen LogP contribution < -0.4 is 5.32 Å². The molecule has 1 aromatic heterocycles. The van der Waals surface area contributed by atoms with Crippen LogP contribution in [0.15, 0.2) is 65.7 Å². The summed E-state index contributed by atoms with van der Waals surface area (Å²) in [5.41, 5.74) is 1.65. The second-order valence-corrected chi connectivity index (χ2v) is 4.95. The molecule has 0 aliphatic heterocycles. The van der Waals surface area contributed by atoms with Gasteiger partial charge in [-0.25, -0.2) is 0 Å². The molecular formula is C17H14N4O3. The molecule has 0 atom stereocenters. The molecule has 0 amide bonds. The van der Waals surface area contributed by atoms with Gasteiger partial charge in [-0.2, -0.15) is 4.98 Å². The maximum atomic E-state index is 11.3. The molecule has 0 fully saturated rings. The number of benzene rings is 2. The van der Waals surface area contributed by atoms with Gasteiger partial charge in [0, 0.05) is 23.7 Å². The van der Waals surface area contributed by atoms with Gasteiger partial charge in [-0.3, -0.25) is 10.1 Å². The Labute approximate surface area is 137 Å². The fourth-order valence-electron chi connectivity index (χ4n) is 2.19. The van der Waals surface area contributed by atoms with Crippen LogP contribution in [0.3, 0.4) is 0 Å². The Bertz CT molecular complexity index is 875. The lowest BCUT2D eigenvalue weighted by Crippen LogP contribution is -2.02. The van der Waals surface area contributed by atoms with E-state index < -0.39 is 4.92 Å². The number of nitrogens with one attached hydrogen (secondary N) is 1. The van der Waals surface area contributed by atoms with Crippen LogP contribution in [0.25, 0.3) is 22.8 Å². The van der Waals surface area contributed by atoms with Crippen molar-refractivity contribution in [1.29, 1.82) is 0 Å². The average molecular weight is 322 g/mol. The Balaban J connectivity index is 1.95. The smallest absolute Gasteiger partial charge is 0.293 e. The Kier molecular flexibility index (Phi) is 4.33. The normalized spacial score (nSPS) is 10.3. The van der Waals surface area contributed by atoms with Gasteiger partial charge in [0.15, 0.2) is 0 Å². The topological polar surface area (TPSA) is 94.1 Å². The fraction of sp³-hybridized carbons (Fsp3) is 0.0588. The van der Waals surface area contributed by atoms with Gasteiger partial charge in [0.25, 0.3) is 11.6 Å². The van der Waals surface area contributed by atoms with Crippen molar-refractivity contribution in [3.63, 3.8) is 0 Å². The summed E-state index contributed by atoms with van der Waals surface area (Å²) in [6, 6.07) is 14.1. The van der Waals surface area contributed by atoms with Crippen molar-refractivity contribution in [2.75, 3.05) is 11.9 Å². The van der Waals surface area contributed by atoms with Crippen LogP contribution in [0.5, 0.6) is 0 Å². The van der Waals surface area contributed by atoms with E-state index in [0.717, 1.165) is 5.56 Å². The maximum Gasteiger partial charge on any atom is 0.293 e. The molecule has 0 aliphatic rings. The standard InChI is InChI=1S/C17H14N4O3/c1-2-10-18-14-9-8-13(11-15(14)21(22)23)17-19-16(20-24-17)12-6-4-3-5-7-12/h2-9,11,18H,1,10H2. The zero-order valence-electron chi connectivity index (χ0n) is 12.7. The SMILES string of the molecule is C=CCNc1ccc(-c2nc(-c3ccccc3)no2)cc1[N+](=O)[O-]. The first-order chi connectivity index (χ1) is 11.7. The largest absolute Gasteiger partial charge is 0.376 e. The summed E-state index contributed by atoms with van der Waals surface area (Å²) in [7, 11) is 0. The van der Waals surface area contributed by atoms with Crippen LogP contribution in [0, 0.1) is 10.1 Å². The summed E-state index contributed by atoms with van der Waals surface area (Å²) in [6.45, 7) is 4.01. The van der Waals surface area contributed by atoms with Crippen molar-refractivity contribution >= 4 is 11.4 Å². The number of nitro benzene ring substituents is 1. The van der Waals surface area contributed by atoms with Crippen LogP contribution in [0.1, 0.15) is 0 Å². The molecule has 24 heavy (non-hydrogen) atoms. The molecule has 3 rings (SSSR count). The Morgan fingerprint density at radius 3 is 2.71 bits per heavy atom. The number of aromatic nitrogens is 2. The van der Waals surface area contributed by atoms with Crippen molar-refractivity contribution in [2.24, 2.45) is 0 Å². The van der Waals surface area contributed by atoms with Crippen LogP contribution in [-0.4, -0.2) is 21.6 Å². The highest BCUT2D eigenvalue weighted by atomic mass is 16.6. The molecule has 0 aliphatic carbocycles. The van der Waals surface area contributed by atoms with E-state index in [2.05, 4.69) is 22.0 Å². The highest BCUT2D eigenvalue weighted by Gasteiger charge is 2.18. The molecule has 1 heterocycles. The lowest BCUT2D eigenvalue weighted by atomic mass is 10.1. The molecule has 2 aromatic carbocycles. The van der Waals surface area contributed by atoms with Gasteiger partial charge >= 0.3 is 0 Å². The molecular weight excluding hydrogens is 308 g/mol. The molecule has 0 saturated heterocycles. The monoisotopic (exact) mass is 322 g/mol. The van der Waals surface area contributed by atoms with Crippen LogP contribution in [0.2, 0.25) is 0 Å². The Hall–Kier alpha value is -3.48. The molecule has 0 spiro atoms. The Morgan fingerprint density at radius 2 is 2.00 bits per heavy atom. The molecule has 1 N–H and O–H groups in total. The fourth-order valence-corrected chi connectivity index (χ4v) is 2.19. The van der Waals surface area contributed by atoms with Gasteiger partial charge in [-0.05, 0) is 12.1 Å². The van der Waals surface area contributed by atoms with Crippen molar-refractivity contribution in [3.05, 3.63) is 71.3 Å². The number of anilines is 1. The van der Waals surface area contributed by atoms with Crippen LogP contribution >= 0.6 is 0 Å². The lowest BCUT2D eigenvalue weighted by molar-refractivity contribution is -0.383. The van der Waals surface area contributed by atoms with Gasteiger partial charge in [-0.1, -0.05) is 41.6 Å². The number of hydrogen-bond acceptors (Lipinski definition) is 6. The van der Waals surface area contributed by atoms with Crippen molar-refractivity contribution in [1.82, 2.24) is 10.1 Å². The minimum atomic E-state index is -0.455. The zero-order chi connectivity index (χ0) is 16.9. The summed E-state index contributed by atoms with van der Waals surface area (Å²) in [5.74, 6) is 0.661. The number of hydrogen-bond donors (Lipinski definition) is 1. The van der Waals surface area contributed by atoms with Gasteiger partial charge in [-0.15, -0.1) is 6.58 Å². The summed E-state index contributed by atoms with van der Waals surface area (Å²) in [5, 5.41) is 18.1. The number of nitro groups is 1. The molecule has 7 heteroatoms. The predicted molar refractivity (Wildman–Crippen MR) is 90.5 cm³/mol. The molecule has 7 nitrogen and oxygen atoms in total. The van der Waals surface area contributed by atoms with E-state index in [4.69, 9.17) is 4.52 Å². The first-order valence-corrected chi connectivity index (χ1v) is 7.22. The van der Waals surface area contributed by atoms with E-state index >= 15 is 0 Å². The summed E-state index contributed by atoms with van der Waals surface area (Å²) >= 11 is 0. The minimum Gasteiger partial charge on any atom is -0.376 e. The second-order valence-electron chi connectivity index (χ2n) is 4.95. The summed E-state index contributed by atoms with van der Waals surface area (Å²) < 4.78 is 5.24. The van der Waals surface area contributed by atoms with E-state index in [0.29, 0.717) is 23.6 Å². The number of rotatable bonds is 6. The molecule has 0 bridgehead atoms. The zero-order valence-corrected chi connectivity index (χ0v) is 12.7. The van der Waals surface area contributed by atoms with Crippen LogP contribution in [0.4, 0.5) is 11.4 Å². The Morgan fingerprint density at radius 1 is 1.21 bits per heavy atom. The average Bonchev–Trinajstić information content (AvgIpc) is 3.10. The maximum absolute atomic E-state index is 11.3. The summed E-state index contributed by atoms with van der Waals surface area (Å²) in [6.07, 6.45) is 1.63. The van der Waals surface area contributed by atoms with Crippen molar-refractivity contribution < 1.29 is 9.45 Å². The first-order valence-electron chi connectivity index (χ1n) is 7.22. The highest BCUT2D eigenvalue weighted by molar-refractivity contribution is 5.70. The molecule has 0 unspecified atom stereocenters. The van der Waals surface area contributed by atoms with Crippen LogP contribution in [-0.2, 0) is 0 Å². The van der Waals surface area contributed by atoms with E-state index in [1.165, 1.54) is 6.07 Å². The van der Waals surface area contributed by atoms with Gasteiger partial charge in [0.2, 0.25) is 5.82 Å². The van der Waals surface area contributed by atoms with E-state index in [1.807, 2.05) is 30.3 Å². The predicted octanol–water partition coefficient (Wildman–Crippen LogP) is 3.91.